The number of carbonyl (C=O) groups is 2. The van der Waals surface area contributed by atoms with E-state index < -0.39 is 15.9 Å². The molecule has 0 saturated carbocycles. The molecule has 7 nitrogen and oxygen atoms in total. The smallest absolute Gasteiger partial charge is 0.267 e. The second-order valence-electron chi connectivity index (χ2n) is 5.47. The second kappa shape index (κ2) is 5.51. The molecule has 2 rings (SSSR count). The van der Waals surface area contributed by atoms with Crippen LogP contribution in [0.25, 0.3) is 0 Å². The molecule has 2 heterocycles. The van der Waals surface area contributed by atoms with Crippen molar-refractivity contribution in [2.24, 2.45) is 5.10 Å². The average Bonchev–Trinajstić information content (AvgIpc) is 2.69. The molecule has 1 fully saturated rings. The summed E-state index contributed by atoms with van der Waals surface area (Å²) in [6.45, 7) is 3.68. The highest BCUT2D eigenvalue weighted by atomic mass is 32.2. The number of sulfone groups is 1. The van der Waals surface area contributed by atoms with Gasteiger partial charge in [0.1, 0.15) is 5.71 Å². The molecule has 1 saturated heterocycles. The zero-order valence-electron chi connectivity index (χ0n) is 11.6. The molecular formula is C12H19N3O4S. The lowest BCUT2D eigenvalue weighted by Gasteiger charge is -2.27. The van der Waals surface area contributed by atoms with Crippen LogP contribution in [0.15, 0.2) is 5.10 Å². The number of amides is 2. The van der Waals surface area contributed by atoms with Gasteiger partial charge in [-0.2, -0.15) is 5.10 Å². The summed E-state index contributed by atoms with van der Waals surface area (Å²) in [4.78, 5) is 23.8. The van der Waals surface area contributed by atoms with Gasteiger partial charge in [-0.25, -0.2) is 13.4 Å². The largest absolute Gasteiger partial charge is 0.349 e. The van der Waals surface area contributed by atoms with E-state index in [1.807, 2.05) is 13.8 Å². The van der Waals surface area contributed by atoms with Gasteiger partial charge in [-0.3, -0.25) is 9.59 Å². The molecule has 8 heteroatoms. The van der Waals surface area contributed by atoms with E-state index >= 15 is 0 Å². The molecule has 1 atom stereocenters. The lowest BCUT2D eigenvalue weighted by atomic mass is 10.1. The van der Waals surface area contributed by atoms with E-state index in [9.17, 15) is 18.0 Å². The van der Waals surface area contributed by atoms with Gasteiger partial charge < -0.3 is 5.32 Å². The van der Waals surface area contributed by atoms with Crippen LogP contribution in [0.2, 0.25) is 0 Å². The number of carbonyl (C=O) groups excluding carboxylic acids is 2. The van der Waals surface area contributed by atoms with Gasteiger partial charge in [0.2, 0.25) is 5.91 Å². The molecule has 0 aromatic heterocycles. The Hall–Kier alpha value is -1.44. The van der Waals surface area contributed by atoms with Crippen LogP contribution in [-0.2, 0) is 19.4 Å². The third-order valence-electron chi connectivity index (χ3n) is 3.30. The van der Waals surface area contributed by atoms with E-state index in [-0.39, 0.29) is 35.8 Å². The number of nitrogens with one attached hydrogen (secondary N) is 1. The minimum Gasteiger partial charge on any atom is -0.349 e. The van der Waals surface area contributed by atoms with Gasteiger partial charge in [0.15, 0.2) is 9.84 Å². The Morgan fingerprint density at radius 3 is 2.65 bits per heavy atom. The monoisotopic (exact) mass is 301 g/mol. The second-order valence-corrected chi connectivity index (χ2v) is 7.70. The Kier molecular flexibility index (Phi) is 4.12. The summed E-state index contributed by atoms with van der Waals surface area (Å²) in [6.07, 6.45) is 0.880. The number of nitrogens with zero attached hydrogens (tertiary/aromatic N) is 2. The van der Waals surface area contributed by atoms with Gasteiger partial charge in [0, 0.05) is 18.9 Å². The summed E-state index contributed by atoms with van der Waals surface area (Å²) in [6, 6.07) is -0.446. The predicted octanol–water partition coefficient (Wildman–Crippen LogP) is -0.323. The molecular weight excluding hydrogens is 282 g/mol. The lowest BCUT2D eigenvalue weighted by Crippen LogP contribution is -2.45. The van der Waals surface area contributed by atoms with Gasteiger partial charge in [0.05, 0.1) is 17.5 Å². The van der Waals surface area contributed by atoms with Crippen molar-refractivity contribution in [2.45, 2.75) is 45.2 Å². The van der Waals surface area contributed by atoms with Crippen molar-refractivity contribution in [1.82, 2.24) is 10.3 Å². The van der Waals surface area contributed by atoms with Gasteiger partial charge >= 0.3 is 0 Å². The highest BCUT2D eigenvalue weighted by Crippen LogP contribution is 2.22. The molecule has 0 aromatic carbocycles. The van der Waals surface area contributed by atoms with Gasteiger partial charge in [-0.15, -0.1) is 0 Å². The summed E-state index contributed by atoms with van der Waals surface area (Å²) in [5.41, 5.74) is 0.294. The summed E-state index contributed by atoms with van der Waals surface area (Å²) < 4.78 is 23.0. The molecule has 20 heavy (non-hydrogen) atoms. The molecule has 112 valence electrons. The Bertz CT molecular complexity index is 553. The minimum absolute atomic E-state index is 0.0110. The minimum atomic E-state index is -3.09. The van der Waals surface area contributed by atoms with Crippen LogP contribution in [0, 0.1) is 0 Å². The normalized spacial score (nSPS) is 25.8. The number of hydrogen-bond acceptors (Lipinski definition) is 5. The fraction of sp³-hybridized carbons (Fsp3) is 0.750. The third kappa shape index (κ3) is 3.36. The lowest BCUT2D eigenvalue weighted by molar-refractivity contribution is -0.133. The molecule has 1 N–H and O–H groups in total. The number of hydrazone groups is 1. The van der Waals surface area contributed by atoms with E-state index in [0.717, 1.165) is 0 Å². The van der Waals surface area contributed by atoms with Crippen LogP contribution in [0.3, 0.4) is 0 Å². The molecule has 0 aromatic rings. The topological polar surface area (TPSA) is 95.9 Å². The fourth-order valence-electron chi connectivity index (χ4n) is 2.33. The summed E-state index contributed by atoms with van der Waals surface area (Å²) in [7, 11) is -3.09. The zero-order chi connectivity index (χ0) is 14.9. The summed E-state index contributed by atoms with van der Waals surface area (Å²) >= 11 is 0. The molecule has 2 aliphatic rings. The first-order valence-corrected chi connectivity index (χ1v) is 8.51. The SMILES string of the molecule is CC(C)NC(=O)C1=NN([C@@H]2CCS(=O)(=O)C2)C(=O)CC1. The highest BCUT2D eigenvalue weighted by Gasteiger charge is 2.37. The van der Waals surface area contributed by atoms with Crippen LogP contribution in [0.5, 0.6) is 0 Å². The van der Waals surface area contributed by atoms with Gasteiger partial charge in [-0.1, -0.05) is 0 Å². The Balaban J connectivity index is 2.15. The Labute approximate surface area is 118 Å². The van der Waals surface area contributed by atoms with E-state index in [1.54, 1.807) is 0 Å². The third-order valence-corrected chi connectivity index (χ3v) is 5.05. The maximum absolute atomic E-state index is 11.9. The molecule has 0 spiro atoms. The van der Waals surface area contributed by atoms with Crippen LogP contribution in [0.4, 0.5) is 0 Å². The predicted molar refractivity (Wildman–Crippen MR) is 73.9 cm³/mol. The van der Waals surface area contributed by atoms with Gasteiger partial charge in [0.25, 0.3) is 5.91 Å². The molecule has 2 aliphatic heterocycles. The van der Waals surface area contributed by atoms with Crippen LogP contribution in [-0.4, -0.2) is 54.5 Å². The van der Waals surface area contributed by atoms with E-state index in [1.165, 1.54) is 5.01 Å². The quantitative estimate of drug-likeness (QED) is 0.772. The van der Waals surface area contributed by atoms with E-state index in [2.05, 4.69) is 10.4 Å². The van der Waals surface area contributed by atoms with Crippen LogP contribution >= 0.6 is 0 Å². The summed E-state index contributed by atoms with van der Waals surface area (Å²) in [5.74, 6) is -0.502. The van der Waals surface area contributed by atoms with Crippen molar-refractivity contribution in [3.05, 3.63) is 0 Å². The standard InChI is InChI=1S/C12H19N3O4S/c1-8(2)13-12(17)10-3-4-11(16)15(14-10)9-5-6-20(18,19)7-9/h8-9H,3-7H2,1-2H3,(H,13,17)/t9-/m1/s1. The molecule has 0 aliphatic carbocycles. The van der Waals surface area contributed by atoms with Crippen molar-refractivity contribution in [2.75, 3.05) is 11.5 Å². The maximum Gasteiger partial charge on any atom is 0.267 e. The Morgan fingerprint density at radius 1 is 1.40 bits per heavy atom. The first-order valence-electron chi connectivity index (χ1n) is 6.69. The van der Waals surface area contributed by atoms with E-state index in [4.69, 9.17) is 0 Å². The van der Waals surface area contributed by atoms with Crippen molar-refractivity contribution < 1.29 is 18.0 Å². The van der Waals surface area contributed by atoms with Crippen molar-refractivity contribution >= 4 is 27.4 Å². The van der Waals surface area contributed by atoms with Crippen molar-refractivity contribution in [3.63, 3.8) is 0 Å². The van der Waals surface area contributed by atoms with Crippen molar-refractivity contribution in [1.29, 1.82) is 0 Å². The number of rotatable bonds is 3. The maximum atomic E-state index is 11.9. The van der Waals surface area contributed by atoms with Crippen molar-refractivity contribution in [3.8, 4) is 0 Å². The summed E-state index contributed by atoms with van der Waals surface area (Å²) in [5, 5.41) is 8.01. The first-order chi connectivity index (χ1) is 9.28. The van der Waals surface area contributed by atoms with Gasteiger partial charge in [-0.05, 0) is 20.3 Å². The zero-order valence-corrected chi connectivity index (χ0v) is 12.4. The average molecular weight is 301 g/mol. The Morgan fingerprint density at radius 2 is 2.10 bits per heavy atom. The molecule has 0 unspecified atom stereocenters. The van der Waals surface area contributed by atoms with E-state index in [0.29, 0.717) is 18.6 Å². The number of hydrogen-bond donors (Lipinski definition) is 1. The first kappa shape index (κ1) is 15.0. The van der Waals surface area contributed by atoms with Crippen LogP contribution < -0.4 is 5.32 Å². The van der Waals surface area contributed by atoms with Crippen LogP contribution in [0.1, 0.15) is 33.1 Å². The molecule has 0 radical (unpaired) electrons. The molecule has 2 amide bonds. The fourth-order valence-corrected chi connectivity index (χ4v) is 4.03. The highest BCUT2D eigenvalue weighted by molar-refractivity contribution is 7.91. The molecule has 0 bridgehead atoms.